The van der Waals surface area contributed by atoms with E-state index in [1.165, 1.54) is 103 Å². The summed E-state index contributed by atoms with van der Waals surface area (Å²) in [5.74, 6) is 0. The van der Waals surface area contributed by atoms with Crippen LogP contribution in [0.25, 0.3) is 0 Å². The lowest BCUT2D eigenvalue weighted by molar-refractivity contribution is -0.910. The van der Waals surface area contributed by atoms with E-state index in [0.717, 1.165) is 19.3 Å². The Morgan fingerprint density at radius 2 is 1.03 bits per heavy atom. The minimum Gasteiger partial charge on any atom is -0.590 e. The van der Waals surface area contributed by atoms with Gasteiger partial charge in [-0.15, -0.1) is 0 Å². The maximum absolute atomic E-state index is 11.9. The van der Waals surface area contributed by atoms with E-state index in [-0.39, 0.29) is 0 Å². The third-order valence-electron chi connectivity index (χ3n) is 7.24. The molecule has 190 valence electrons. The molecule has 0 saturated carbocycles. The lowest BCUT2D eigenvalue weighted by Crippen LogP contribution is -2.55. The van der Waals surface area contributed by atoms with Crippen LogP contribution in [0.3, 0.4) is 0 Å². The van der Waals surface area contributed by atoms with Crippen molar-refractivity contribution in [3.8, 4) is 0 Å². The highest BCUT2D eigenvalue weighted by Crippen LogP contribution is 2.44. The predicted molar refractivity (Wildman–Crippen MR) is 141 cm³/mol. The fraction of sp³-hybridized carbons (Fsp3) is 0.929. The number of nitrogens with zero attached hydrogens (tertiary/aromatic N) is 1. The van der Waals surface area contributed by atoms with Gasteiger partial charge in [-0.3, -0.25) is 4.48 Å². The molecule has 0 heterocycles. The lowest BCUT2D eigenvalue weighted by atomic mass is 10.0. The number of rotatable bonds is 23. The zero-order valence-electron chi connectivity index (χ0n) is 22.5. The fourth-order valence-electron chi connectivity index (χ4n) is 4.81. The van der Waals surface area contributed by atoms with Crippen LogP contribution in [0.1, 0.15) is 142 Å². The molecule has 0 aromatic heterocycles. The Kier molecular flexibility index (Phi) is 20.0. The molecular weight excluding hydrogens is 413 g/mol. The maximum Gasteiger partial charge on any atom is 0.376 e. The fourth-order valence-corrected chi connectivity index (χ4v) is 5.90. The van der Waals surface area contributed by atoms with Gasteiger partial charge in [-0.1, -0.05) is 114 Å². The van der Waals surface area contributed by atoms with Crippen LogP contribution < -0.4 is 4.89 Å². The van der Waals surface area contributed by atoms with Crippen LogP contribution in [0.4, 0.5) is 0 Å². The van der Waals surface area contributed by atoms with Gasteiger partial charge in [-0.05, 0) is 32.1 Å². The van der Waals surface area contributed by atoms with E-state index in [9.17, 15) is 9.46 Å². The molecule has 0 radical (unpaired) electrons. The molecule has 3 nitrogen and oxygen atoms in total. The molecule has 0 saturated heterocycles. The summed E-state index contributed by atoms with van der Waals surface area (Å²) in [7, 11) is 3.63. The van der Waals surface area contributed by atoms with Crippen LogP contribution in [0.2, 0.25) is 0 Å². The maximum atomic E-state index is 11.9. The summed E-state index contributed by atoms with van der Waals surface area (Å²) in [6, 6.07) is 0. The molecule has 4 heteroatoms. The minimum atomic E-state index is -2.42. The van der Waals surface area contributed by atoms with Gasteiger partial charge in [0.25, 0.3) is 5.28 Å². The zero-order valence-corrected chi connectivity index (χ0v) is 23.4. The van der Waals surface area contributed by atoms with E-state index in [2.05, 4.69) is 19.1 Å². The van der Waals surface area contributed by atoms with Crippen LogP contribution in [0.5, 0.6) is 0 Å². The molecule has 2 atom stereocenters. The average molecular weight is 471 g/mol. The first-order chi connectivity index (χ1) is 15.3. The van der Waals surface area contributed by atoms with Crippen molar-refractivity contribution in [2.24, 2.45) is 0 Å². The highest BCUT2D eigenvalue weighted by Gasteiger charge is 2.52. The molecule has 0 aromatic carbocycles. The zero-order chi connectivity index (χ0) is 24.1. The van der Waals surface area contributed by atoms with E-state index in [4.69, 9.17) is 0 Å². The number of hydrogen-bond donors (Lipinski definition) is 0. The van der Waals surface area contributed by atoms with E-state index in [0.29, 0.717) is 10.9 Å². The molecule has 32 heavy (non-hydrogen) atoms. The van der Waals surface area contributed by atoms with Crippen molar-refractivity contribution < 1.29 is 13.9 Å². The van der Waals surface area contributed by atoms with Crippen LogP contribution in [0.15, 0.2) is 12.2 Å². The Balaban J connectivity index is 3.53. The van der Waals surface area contributed by atoms with Gasteiger partial charge >= 0.3 is 8.03 Å². The Labute approximate surface area is 202 Å². The van der Waals surface area contributed by atoms with Gasteiger partial charge in [-0.2, -0.15) is 0 Å². The summed E-state index contributed by atoms with van der Waals surface area (Å²) in [6.45, 7) is 4.30. The van der Waals surface area contributed by atoms with Crippen molar-refractivity contribution in [3.63, 3.8) is 0 Å². The van der Waals surface area contributed by atoms with E-state index >= 15 is 0 Å². The second kappa shape index (κ2) is 20.2. The van der Waals surface area contributed by atoms with E-state index in [1.807, 2.05) is 28.1 Å². The molecule has 0 spiro atoms. The van der Waals surface area contributed by atoms with Gasteiger partial charge in [0.15, 0.2) is 0 Å². The SMILES string of the molecule is CCCCCCCCCC/C=C\CCCCCCCCCCC(CC)([P+](=O)[O-])[N+](C)(C)C. The summed E-state index contributed by atoms with van der Waals surface area (Å²) in [4.78, 5) is 11.9. The molecular formula is C28H57NO2P+. The summed E-state index contributed by atoms with van der Waals surface area (Å²) in [5.41, 5.74) is 0. The molecule has 0 fully saturated rings. The summed E-state index contributed by atoms with van der Waals surface area (Å²) in [6.07, 6.45) is 30.1. The molecule has 0 aliphatic carbocycles. The predicted octanol–water partition coefficient (Wildman–Crippen LogP) is 8.89. The van der Waals surface area contributed by atoms with Gasteiger partial charge in [0, 0.05) is 12.8 Å². The summed E-state index contributed by atoms with van der Waals surface area (Å²) >= 11 is 0. The smallest absolute Gasteiger partial charge is 0.376 e. The molecule has 0 amide bonds. The van der Waals surface area contributed by atoms with Gasteiger partial charge in [0.05, 0.1) is 21.1 Å². The van der Waals surface area contributed by atoms with Gasteiger partial charge in [0.1, 0.15) is 0 Å². The van der Waals surface area contributed by atoms with Crippen molar-refractivity contribution in [1.82, 2.24) is 0 Å². The topological polar surface area (TPSA) is 40.1 Å². The van der Waals surface area contributed by atoms with Crippen molar-refractivity contribution in [2.75, 3.05) is 21.1 Å². The Morgan fingerprint density at radius 3 is 1.38 bits per heavy atom. The van der Waals surface area contributed by atoms with Crippen LogP contribution in [0, 0.1) is 0 Å². The van der Waals surface area contributed by atoms with Crippen molar-refractivity contribution >= 4 is 8.03 Å². The Morgan fingerprint density at radius 1 is 0.656 bits per heavy atom. The largest absolute Gasteiger partial charge is 0.590 e. The quantitative estimate of drug-likeness (QED) is 0.0647. The average Bonchev–Trinajstić information content (AvgIpc) is 2.74. The van der Waals surface area contributed by atoms with Crippen LogP contribution in [-0.2, 0) is 4.57 Å². The summed E-state index contributed by atoms with van der Waals surface area (Å²) < 4.78 is 12.5. The highest BCUT2D eigenvalue weighted by atomic mass is 31.1. The monoisotopic (exact) mass is 470 g/mol. The molecule has 2 unspecified atom stereocenters. The van der Waals surface area contributed by atoms with Gasteiger partial charge in [0.2, 0.25) is 0 Å². The lowest BCUT2D eigenvalue weighted by Gasteiger charge is -2.39. The van der Waals surface area contributed by atoms with Gasteiger partial charge < -0.3 is 4.89 Å². The molecule has 0 bridgehead atoms. The number of unbranched alkanes of at least 4 members (excludes halogenated alkanes) is 16. The van der Waals surface area contributed by atoms with Gasteiger partial charge in [-0.25, -0.2) is 0 Å². The molecule has 0 N–H and O–H groups in total. The summed E-state index contributed by atoms with van der Waals surface area (Å²) in [5, 5.41) is -0.600. The Bertz CT molecular complexity index is 473. The second-order valence-corrected chi connectivity index (χ2v) is 12.1. The first-order valence-electron chi connectivity index (χ1n) is 13.9. The first kappa shape index (κ1) is 31.8. The molecule has 0 rings (SSSR count). The standard InChI is InChI=1S/C28H57NO2P/c1-6-8-9-10-11-12-13-14-15-16-17-18-19-20-21-22-23-24-25-26-27-28(7-2,32(30)31)29(3,4)5/h16-17H,6-15,18-27H2,1-5H3/q+1/b17-16-. The minimum absolute atomic E-state index is 0.510. The van der Waals surface area contributed by atoms with E-state index in [1.54, 1.807) is 0 Å². The highest BCUT2D eigenvalue weighted by molar-refractivity contribution is 7.38. The second-order valence-electron chi connectivity index (χ2n) is 10.7. The van der Waals surface area contributed by atoms with E-state index < -0.39 is 13.3 Å². The first-order valence-corrected chi connectivity index (χ1v) is 15.1. The van der Waals surface area contributed by atoms with Crippen molar-refractivity contribution in [3.05, 3.63) is 12.2 Å². The normalized spacial score (nSPS) is 14.8. The molecule has 0 aliphatic heterocycles. The van der Waals surface area contributed by atoms with Crippen LogP contribution >= 0.6 is 8.03 Å². The number of allylic oxidation sites excluding steroid dienone is 2. The number of hydrogen-bond acceptors (Lipinski definition) is 2. The molecule has 0 aliphatic rings. The van der Waals surface area contributed by atoms with Crippen molar-refractivity contribution in [1.29, 1.82) is 0 Å². The molecule has 0 aromatic rings. The third kappa shape index (κ3) is 14.8. The third-order valence-corrected chi connectivity index (χ3v) is 9.06. The number of quaternary nitrogens is 1. The van der Waals surface area contributed by atoms with Crippen molar-refractivity contribution in [2.45, 2.75) is 148 Å². The Hall–Kier alpha value is -0.240. The van der Waals surface area contributed by atoms with Crippen LogP contribution in [-0.4, -0.2) is 30.9 Å².